The zero-order valence-corrected chi connectivity index (χ0v) is 12.6. The summed E-state index contributed by atoms with van der Waals surface area (Å²) in [5, 5.41) is 15.2. The molecule has 21 heavy (non-hydrogen) atoms. The third-order valence-corrected chi connectivity index (χ3v) is 4.34. The second kappa shape index (κ2) is 5.34. The molecule has 0 amide bonds. The second-order valence-corrected chi connectivity index (χ2v) is 6.32. The Labute approximate surface area is 125 Å². The molecule has 1 aromatic carbocycles. The summed E-state index contributed by atoms with van der Waals surface area (Å²) in [5.41, 5.74) is -0.110. The molecule has 1 heterocycles. The van der Waals surface area contributed by atoms with Gasteiger partial charge in [0.15, 0.2) is 0 Å². The van der Waals surface area contributed by atoms with Gasteiger partial charge in [-0.05, 0) is 31.5 Å². The van der Waals surface area contributed by atoms with Crippen LogP contribution in [0.15, 0.2) is 17.0 Å². The van der Waals surface area contributed by atoms with Crippen molar-refractivity contribution in [1.82, 2.24) is 15.2 Å². The summed E-state index contributed by atoms with van der Waals surface area (Å²) >= 11 is 5.79. The topological polar surface area (TPSA) is 125 Å². The standard InChI is InChI=1S/C11H11ClN4O4S/c1-5-8(10(17)18)3-7(12)4-9(5)21(19,20)16-11-13-6(2)14-15-11/h3-4H,1-2H3,(H,17,18)(H2,13,14,15,16). The lowest BCUT2D eigenvalue weighted by Crippen LogP contribution is -2.17. The maximum atomic E-state index is 12.3. The highest BCUT2D eigenvalue weighted by Gasteiger charge is 2.23. The Bertz CT molecular complexity index is 816. The molecule has 0 saturated carbocycles. The predicted molar refractivity (Wildman–Crippen MR) is 75.1 cm³/mol. The predicted octanol–water partition coefficient (Wildman–Crippen LogP) is 1.57. The highest BCUT2D eigenvalue weighted by molar-refractivity contribution is 7.92. The van der Waals surface area contributed by atoms with Crippen molar-refractivity contribution in [2.45, 2.75) is 18.7 Å². The van der Waals surface area contributed by atoms with Gasteiger partial charge in [0, 0.05) is 5.02 Å². The number of halogens is 1. The van der Waals surface area contributed by atoms with Crippen LogP contribution in [0.25, 0.3) is 0 Å². The number of aromatic carboxylic acids is 1. The van der Waals surface area contributed by atoms with Crippen LogP contribution in [0.5, 0.6) is 0 Å². The summed E-state index contributed by atoms with van der Waals surface area (Å²) in [6.07, 6.45) is 0. The number of hydrogen-bond donors (Lipinski definition) is 3. The van der Waals surface area contributed by atoms with Crippen LogP contribution in [0.3, 0.4) is 0 Å². The first-order chi connectivity index (χ1) is 9.70. The molecule has 0 aliphatic heterocycles. The minimum atomic E-state index is -4.05. The molecule has 0 saturated heterocycles. The summed E-state index contributed by atoms with van der Waals surface area (Å²) in [6.45, 7) is 3.00. The molecular weight excluding hydrogens is 320 g/mol. The van der Waals surface area contributed by atoms with Crippen molar-refractivity contribution in [1.29, 1.82) is 0 Å². The van der Waals surface area contributed by atoms with E-state index < -0.39 is 16.0 Å². The molecule has 8 nitrogen and oxygen atoms in total. The van der Waals surface area contributed by atoms with E-state index in [-0.39, 0.29) is 27.0 Å². The highest BCUT2D eigenvalue weighted by atomic mass is 35.5. The van der Waals surface area contributed by atoms with Gasteiger partial charge in [0.25, 0.3) is 16.0 Å². The lowest BCUT2D eigenvalue weighted by Gasteiger charge is -2.10. The first-order valence-electron chi connectivity index (χ1n) is 5.66. The van der Waals surface area contributed by atoms with E-state index >= 15 is 0 Å². The number of carbonyl (C=O) groups is 1. The van der Waals surface area contributed by atoms with E-state index in [1.54, 1.807) is 6.92 Å². The van der Waals surface area contributed by atoms with Crippen LogP contribution in [0, 0.1) is 13.8 Å². The Balaban J connectivity index is 2.52. The molecule has 3 N–H and O–H groups in total. The summed E-state index contributed by atoms with van der Waals surface area (Å²) in [7, 11) is -4.05. The number of nitrogens with zero attached hydrogens (tertiary/aromatic N) is 2. The zero-order valence-electron chi connectivity index (χ0n) is 11.0. The number of aromatic nitrogens is 3. The summed E-state index contributed by atoms with van der Waals surface area (Å²) in [5.74, 6) is -0.967. The first-order valence-corrected chi connectivity index (χ1v) is 7.52. The molecular formula is C11H11ClN4O4S. The molecule has 0 fully saturated rings. The Morgan fingerprint density at radius 2 is 2.05 bits per heavy atom. The van der Waals surface area contributed by atoms with Crippen molar-refractivity contribution >= 4 is 33.5 Å². The maximum Gasteiger partial charge on any atom is 0.336 e. The Hall–Kier alpha value is -2.13. The van der Waals surface area contributed by atoms with Crippen molar-refractivity contribution in [2.75, 3.05) is 4.72 Å². The monoisotopic (exact) mass is 330 g/mol. The van der Waals surface area contributed by atoms with Gasteiger partial charge in [-0.3, -0.25) is 5.10 Å². The van der Waals surface area contributed by atoms with E-state index in [9.17, 15) is 13.2 Å². The minimum Gasteiger partial charge on any atom is -0.478 e. The Morgan fingerprint density at radius 3 is 2.57 bits per heavy atom. The fourth-order valence-electron chi connectivity index (χ4n) is 1.72. The van der Waals surface area contributed by atoms with E-state index in [2.05, 4.69) is 19.9 Å². The van der Waals surface area contributed by atoms with E-state index in [0.29, 0.717) is 5.82 Å². The van der Waals surface area contributed by atoms with E-state index in [1.807, 2.05) is 0 Å². The van der Waals surface area contributed by atoms with Crippen LogP contribution < -0.4 is 4.72 Å². The molecule has 0 unspecified atom stereocenters. The number of aryl methyl sites for hydroxylation is 1. The van der Waals surface area contributed by atoms with Crippen LogP contribution in [0.4, 0.5) is 5.95 Å². The Kier molecular flexibility index (Phi) is 3.88. The summed E-state index contributed by atoms with van der Waals surface area (Å²) in [6, 6.07) is 2.36. The van der Waals surface area contributed by atoms with Crippen LogP contribution >= 0.6 is 11.6 Å². The van der Waals surface area contributed by atoms with Gasteiger partial charge >= 0.3 is 5.97 Å². The van der Waals surface area contributed by atoms with Gasteiger partial charge in [-0.25, -0.2) is 17.9 Å². The van der Waals surface area contributed by atoms with Crippen molar-refractivity contribution in [2.24, 2.45) is 0 Å². The molecule has 2 aromatic rings. The number of carboxylic acids is 1. The molecule has 0 atom stereocenters. The number of anilines is 1. The number of hydrogen-bond acceptors (Lipinski definition) is 5. The fraction of sp³-hybridized carbons (Fsp3) is 0.182. The zero-order chi connectivity index (χ0) is 15.8. The number of carboxylic acid groups (broad SMARTS) is 1. The molecule has 0 aliphatic carbocycles. The molecule has 10 heteroatoms. The van der Waals surface area contributed by atoms with Crippen LogP contribution in [-0.2, 0) is 10.0 Å². The summed E-state index contributed by atoms with van der Waals surface area (Å²) in [4.78, 5) is 14.7. The fourth-order valence-corrected chi connectivity index (χ4v) is 3.24. The Morgan fingerprint density at radius 1 is 1.38 bits per heavy atom. The van der Waals surface area contributed by atoms with Gasteiger partial charge < -0.3 is 5.11 Å². The lowest BCUT2D eigenvalue weighted by atomic mass is 10.1. The normalized spacial score (nSPS) is 11.4. The van der Waals surface area contributed by atoms with Crippen molar-refractivity contribution in [3.8, 4) is 0 Å². The molecule has 0 aliphatic rings. The van der Waals surface area contributed by atoms with Gasteiger partial charge in [0.2, 0.25) is 0 Å². The third-order valence-electron chi connectivity index (χ3n) is 2.67. The van der Waals surface area contributed by atoms with Gasteiger partial charge in [-0.1, -0.05) is 11.6 Å². The average molecular weight is 331 g/mol. The van der Waals surface area contributed by atoms with Crippen molar-refractivity contribution < 1.29 is 18.3 Å². The molecule has 2 rings (SSSR count). The van der Waals surface area contributed by atoms with Gasteiger partial charge in [0.1, 0.15) is 5.82 Å². The van der Waals surface area contributed by atoms with E-state index in [0.717, 1.165) is 0 Å². The smallest absolute Gasteiger partial charge is 0.336 e. The molecule has 112 valence electrons. The average Bonchev–Trinajstić information content (AvgIpc) is 2.76. The molecule has 0 bridgehead atoms. The van der Waals surface area contributed by atoms with E-state index in [4.69, 9.17) is 16.7 Å². The number of nitrogens with one attached hydrogen (secondary N) is 2. The van der Waals surface area contributed by atoms with Crippen molar-refractivity contribution in [3.05, 3.63) is 34.1 Å². The number of benzene rings is 1. The largest absolute Gasteiger partial charge is 0.478 e. The molecule has 0 spiro atoms. The van der Waals surface area contributed by atoms with Crippen LogP contribution in [0.1, 0.15) is 21.7 Å². The van der Waals surface area contributed by atoms with Crippen LogP contribution in [-0.4, -0.2) is 34.7 Å². The number of aromatic amines is 1. The molecule has 0 radical (unpaired) electrons. The van der Waals surface area contributed by atoms with Crippen LogP contribution in [0.2, 0.25) is 5.02 Å². The van der Waals surface area contributed by atoms with E-state index in [1.165, 1.54) is 19.1 Å². The maximum absolute atomic E-state index is 12.3. The third kappa shape index (κ3) is 3.14. The summed E-state index contributed by atoms with van der Waals surface area (Å²) < 4.78 is 26.8. The SMILES string of the molecule is Cc1nc(NS(=O)(=O)c2cc(Cl)cc(C(=O)O)c2C)n[nH]1. The van der Waals surface area contributed by atoms with Gasteiger partial charge in [0.05, 0.1) is 10.5 Å². The highest BCUT2D eigenvalue weighted by Crippen LogP contribution is 2.25. The minimum absolute atomic E-state index is 0.00421. The lowest BCUT2D eigenvalue weighted by molar-refractivity contribution is 0.0696. The second-order valence-electron chi connectivity index (χ2n) is 4.23. The molecule has 1 aromatic heterocycles. The quantitative estimate of drug-likeness (QED) is 0.781. The number of H-pyrrole nitrogens is 1. The van der Waals surface area contributed by atoms with Crippen molar-refractivity contribution in [3.63, 3.8) is 0 Å². The number of rotatable bonds is 4. The first kappa shape index (κ1) is 15.3. The van der Waals surface area contributed by atoms with Gasteiger partial charge in [-0.15, -0.1) is 5.10 Å². The number of sulfonamides is 1. The van der Waals surface area contributed by atoms with Gasteiger partial charge in [-0.2, -0.15) is 4.98 Å².